The second kappa shape index (κ2) is 15.2. The van der Waals surface area contributed by atoms with Crippen molar-refractivity contribution in [2.75, 3.05) is 13.2 Å². The van der Waals surface area contributed by atoms with Gasteiger partial charge in [-0.15, -0.1) is 0 Å². The van der Waals surface area contributed by atoms with Crippen LogP contribution >= 0.6 is 0 Å². The Labute approximate surface area is 163 Å². The zero-order chi connectivity index (χ0) is 20.7. The van der Waals surface area contributed by atoms with Gasteiger partial charge in [0.2, 0.25) is 0 Å². The molecule has 0 amide bonds. The highest BCUT2D eigenvalue weighted by Crippen LogP contribution is 2.19. The van der Waals surface area contributed by atoms with Gasteiger partial charge in [0.25, 0.3) is 0 Å². The standard InChI is InChI=1S/C22H36O5/c1-17(2)8-5-12-21(22(25)26)13-7-11-20(16-27-19(4)24)10-6-9-18(3)14-15-23/h8,10,14,21,23H,5-7,9,11-13,15-16H2,1-4H3,(H,25,26)/b18-14+,20-10-/t21-/m1/s1. The van der Waals surface area contributed by atoms with Gasteiger partial charge in [-0.1, -0.05) is 29.4 Å². The van der Waals surface area contributed by atoms with E-state index in [9.17, 15) is 14.7 Å². The van der Waals surface area contributed by atoms with Crippen molar-refractivity contribution >= 4 is 11.9 Å². The number of aliphatic hydroxyl groups is 1. The minimum atomic E-state index is -0.743. The molecule has 0 fully saturated rings. The Balaban J connectivity index is 4.61. The molecule has 0 aromatic heterocycles. The molecule has 5 nitrogen and oxygen atoms in total. The highest BCUT2D eigenvalue weighted by Gasteiger charge is 2.16. The molecule has 0 bridgehead atoms. The Morgan fingerprint density at radius 2 is 1.67 bits per heavy atom. The van der Waals surface area contributed by atoms with Crippen LogP contribution in [0.3, 0.4) is 0 Å². The predicted octanol–water partition coefficient (Wildman–Crippen LogP) is 4.81. The molecule has 0 unspecified atom stereocenters. The van der Waals surface area contributed by atoms with Crippen LogP contribution in [0, 0.1) is 5.92 Å². The lowest BCUT2D eigenvalue weighted by atomic mass is 9.94. The Kier molecular flexibility index (Phi) is 14.1. The lowest BCUT2D eigenvalue weighted by molar-refractivity contribution is -0.142. The van der Waals surface area contributed by atoms with Crippen LogP contribution in [-0.2, 0) is 14.3 Å². The molecule has 27 heavy (non-hydrogen) atoms. The summed E-state index contributed by atoms with van der Waals surface area (Å²) in [6.45, 7) is 7.68. The molecule has 0 spiro atoms. The monoisotopic (exact) mass is 380 g/mol. The molecule has 1 atom stereocenters. The summed E-state index contributed by atoms with van der Waals surface area (Å²) in [5.41, 5.74) is 3.34. The molecule has 0 heterocycles. The van der Waals surface area contributed by atoms with Gasteiger partial charge in [-0.2, -0.15) is 0 Å². The van der Waals surface area contributed by atoms with Gasteiger partial charge in [-0.3, -0.25) is 9.59 Å². The van der Waals surface area contributed by atoms with Gasteiger partial charge < -0.3 is 14.9 Å². The minimum Gasteiger partial charge on any atom is -0.481 e. The Morgan fingerprint density at radius 3 is 2.22 bits per heavy atom. The summed E-state index contributed by atoms with van der Waals surface area (Å²) < 4.78 is 5.12. The fraction of sp³-hybridized carbons (Fsp3) is 0.636. The van der Waals surface area contributed by atoms with E-state index in [0.717, 1.165) is 43.3 Å². The number of ether oxygens (including phenoxy) is 1. The first kappa shape index (κ1) is 25.1. The van der Waals surface area contributed by atoms with Gasteiger partial charge in [-0.25, -0.2) is 0 Å². The molecule has 0 aromatic rings. The molecule has 0 radical (unpaired) electrons. The summed E-state index contributed by atoms with van der Waals surface area (Å²) in [6.07, 6.45) is 11.1. The molecular formula is C22H36O5. The van der Waals surface area contributed by atoms with Gasteiger partial charge in [0.05, 0.1) is 12.5 Å². The number of carboxylic acid groups (broad SMARTS) is 1. The van der Waals surface area contributed by atoms with Crippen LogP contribution in [0.25, 0.3) is 0 Å². The third-order valence-corrected chi connectivity index (χ3v) is 4.34. The molecule has 0 saturated carbocycles. The van der Waals surface area contributed by atoms with E-state index in [2.05, 4.69) is 12.2 Å². The molecule has 0 saturated heterocycles. The van der Waals surface area contributed by atoms with Crippen molar-refractivity contribution in [3.05, 3.63) is 34.9 Å². The first-order chi connectivity index (χ1) is 12.8. The van der Waals surface area contributed by atoms with Gasteiger partial charge in [0.1, 0.15) is 6.61 Å². The number of allylic oxidation sites excluding steroid dienone is 4. The summed E-state index contributed by atoms with van der Waals surface area (Å²) in [7, 11) is 0. The second-order valence-corrected chi connectivity index (χ2v) is 7.20. The largest absolute Gasteiger partial charge is 0.481 e. The van der Waals surface area contributed by atoms with E-state index in [1.54, 1.807) is 6.08 Å². The molecular weight excluding hydrogens is 344 g/mol. The normalized spacial score (nSPS) is 13.2. The Hall–Kier alpha value is -1.88. The van der Waals surface area contributed by atoms with Gasteiger partial charge in [0, 0.05) is 6.92 Å². The molecule has 0 aromatic carbocycles. The van der Waals surface area contributed by atoms with Gasteiger partial charge in [0.15, 0.2) is 0 Å². The van der Waals surface area contributed by atoms with Crippen molar-refractivity contribution in [1.29, 1.82) is 0 Å². The Bertz CT molecular complexity index is 539. The number of esters is 1. The summed E-state index contributed by atoms with van der Waals surface area (Å²) >= 11 is 0. The third kappa shape index (κ3) is 14.9. The predicted molar refractivity (Wildman–Crippen MR) is 108 cm³/mol. The van der Waals surface area contributed by atoms with Crippen LogP contribution < -0.4 is 0 Å². The van der Waals surface area contributed by atoms with Crippen molar-refractivity contribution in [3.8, 4) is 0 Å². The fourth-order valence-electron chi connectivity index (χ4n) is 2.73. The topological polar surface area (TPSA) is 83.8 Å². The minimum absolute atomic E-state index is 0.0408. The zero-order valence-electron chi connectivity index (χ0n) is 17.3. The lowest BCUT2D eigenvalue weighted by Crippen LogP contribution is -2.13. The van der Waals surface area contributed by atoms with Crippen LogP contribution in [0.1, 0.15) is 72.6 Å². The number of aliphatic carboxylic acids is 1. The van der Waals surface area contributed by atoms with Gasteiger partial charge in [-0.05, 0) is 71.3 Å². The van der Waals surface area contributed by atoms with Crippen LogP contribution in [0.15, 0.2) is 34.9 Å². The molecule has 2 N–H and O–H groups in total. The summed E-state index contributed by atoms with van der Waals surface area (Å²) in [5, 5.41) is 18.3. The van der Waals surface area contributed by atoms with E-state index in [1.807, 2.05) is 20.8 Å². The SMILES string of the molecule is CC(=O)OC/C(=C\CC/C(C)=C/CO)CCC[C@@H](CCC=C(C)C)C(=O)O. The maximum Gasteiger partial charge on any atom is 0.306 e. The highest BCUT2D eigenvalue weighted by molar-refractivity contribution is 5.69. The molecule has 0 aliphatic rings. The number of aliphatic hydroxyl groups excluding tert-OH is 1. The van der Waals surface area contributed by atoms with E-state index in [0.29, 0.717) is 12.8 Å². The van der Waals surface area contributed by atoms with Crippen molar-refractivity contribution in [3.63, 3.8) is 0 Å². The fourth-order valence-corrected chi connectivity index (χ4v) is 2.73. The number of carboxylic acids is 1. The summed E-state index contributed by atoms with van der Waals surface area (Å²) in [5.74, 6) is -1.40. The maximum atomic E-state index is 11.4. The Morgan fingerprint density at radius 1 is 0.963 bits per heavy atom. The maximum absolute atomic E-state index is 11.4. The van der Waals surface area contributed by atoms with Crippen LogP contribution in [-0.4, -0.2) is 35.4 Å². The van der Waals surface area contributed by atoms with Crippen LogP contribution in [0.2, 0.25) is 0 Å². The van der Waals surface area contributed by atoms with E-state index >= 15 is 0 Å². The summed E-state index contributed by atoms with van der Waals surface area (Å²) in [6, 6.07) is 0. The summed E-state index contributed by atoms with van der Waals surface area (Å²) in [4.78, 5) is 22.5. The van der Waals surface area contributed by atoms with Crippen molar-refractivity contribution in [1.82, 2.24) is 0 Å². The smallest absolute Gasteiger partial charge is 0.306 e. The first-order valence-electron chi connectivity index (χ1n) is 9.70. The number of hydrogen-bond donors (Lipinski definition) is 2. The van der Waals surface area contributed by atoms with Crippen molar-refractivity contribution < 1.29 is 24.5 Å². The quantitative estimate of drug-likeness (QED) is 0.334. The van der Waals surface area contributed by atoms with Crippen LogP contribution in [0.5, 0.6) is 0 Å². The first-order valence-corrected chi connectivity index (χ1v) is 9.70. The van der Waals surface area contributed by atoms with Crippen LogP contribution in [0.4, 0.5) is 0 Å². The lowest BCUT2D eigenvalue weighted by Gasteiger charge is -2.13. The van der Waals surface area contributed by atoms with Crippen molar-refractivity contribution in [2.24, 2.45) is 5.92 Å². The number of rotatable bonds is 14. The zero-order valence-corrected chi connectivity index (χ0v) is 17.3. The number of carbonyl (C=O) groups excluding carboxylic acids is 1. The van der Waals surface area contributed by atoms with E-state index < -0.39 is 5.97 Å². The molecule has 0 aliphatic heterocycles. The number of carbonyl (C=O) groups is 2. The average molecular weight is 381 g/mol. The second-order valence-electron chi connectivity index (χ2n) is 7.20. The number of hydrogen-bond acceptors (Lipinski definition) is 4. The molecule has 0 rings (SSSR count). The molecule has 5 heteroatoms. The van der Waals surface area contributed by atoms with E-state index in [-0.39, 0.29) is 25.1 Å². The molecule has 0 aliphatic carbocycles. The third-order valence-electron chi connectivity index (χ3n) is 4.34. The van der Waals surface area contributed by atoms with E-state index in [4.69, 9.17) is 9.84 Å². The van der Waals surface area contributed by atoms with E-state index in [1.165, 1.54) is 12.5 Å². The van der Waals surface area contributed by atoms with Crippen molar-refractivity contribution in [2.45, 2.75) is 72.6 Å². The average Bonchev–Trinajstić information content (AvgIpc) is 2.57. The molecule has 154 valence electrons. The highest BCUT2D eigenvalue weighted by atomic mass is 16.5. The van der Waals surface area contributed by atoms with Gasteiger partial charge >= 0.3 is 11.9 Å².